The number of ketones is 1. The summed E-state index contributed by atoms with van der Waals surface area (Å²) in [5.41, 5.74) is 0.791. The van der Waals surface area contributed by atoms with E-state index in [1.165, 1.54) is 0 Å². The number of Topliss-reactive ketones (excluding diaryl/α,β-unsaturated/α-hetero) is 1. The number of hydrogen-bond donors (Lipinski definition) is 2. The molecule has 1 aliphatic heterocycles. The number of ether oxygens (including phenoxy) is 1. The molecule has 0 atom stereocenters. The second-order valence-corrected chi connectivity index (χ2v) is 10.2. The van der Waals surface area contributed by atoms with Crippen LogP contribution >= 0.6 is 0 Å². The first-order valence-corrected chi connectivity index (χ1v) is 13.6. The maximum absolute atomic E-state index is 13.7. The number of hydrogen-bond acceptors (Lipinski definition) is 7. The van der Waals surface area contributed by atoms with E-state index in [4.69, 9.17) is 9.15 Å². The standard InChI is InChI=1S/C30H33N3O6/c1-2-38-28(36)23-18-21(12-13-24(23)33-16-8-10-22(34)19-33)31-29(37)30(14-6-3-7-15-30)32-27(35)26-17-20-9-4-5-11-25(20)39-26/h4-5,9,11-13,17-18H,2-3,6-8,10,14-16,19H2,1H3,(H,31,37)(H,32,35). The van der Waals surface area contributed by atoms with E-state index in [1.807, 2.05) is 23.1 Å². The number of para-hydroxylation sites is 1. The van der Waals surface area contributed by atoms with Crippen molar-refractivity contribution >= 4 is 45.9 Å². The average molecular weight is 532 g/mol. The summed E-state index contributed by atoms with van der Waals surface area (Å²) in [5.74, 6) is -1.04. The zero-order chi connectivity index (χ0) is 27.4. The molecule has 204 valence electrons. The molecule has 2 amide bonds. The van der Waals surface area contributed by atoms with E-state index in [2.05, 4.69) is 10.6 Å². The molecule has 0 unspecified atom stereocenters. The summed E-state index contributed by atoms with van der Waals surface area (Å²) in [7, 11) is 0. The molecule has 2 N–H and O–H groups in total. The van der Waals surface area contributed by atoms with E-state index in [-0.39, 0.29) is 36.2 Å². The van der Waals surface area contributed by atoms with E-state index >= 15 is 0 Å². The molecule has 0 radical (unpaired) electrons. The first kappa shape index (κ1) is 26.5. The van der Waals surface area contributed by atoms with Crippen LogP contribution in [-0.4, -0.2) is 48.8 Å². The van der Waals surface area contributed by atoms with Gasteiger partial charge in [-0.05, 0) is 56.5 Å². The minimum Gasteiger partial charge on any atom is -0.462 e. The molecule has 1 aromatic heterocycles. The van der Waals surface area contributed by atoms with Crippen LogP contribution in [0.25, 0.3) is 11.0 Å². The molecular weight excluding hydrogens is 498 g/mol. The Hall–Kier alpha value is -4.14. The van der Waals surface area contributed by atoms with Crippen LogP contribution in [0.15, 0.2) is 52.9 Å². The third kappa shape index (κ3) is 5.67. The zero-order valence-electron chi connectivity index (χ0n) is 22.1. The summed E-state index contributed by atoms with van der Waals surface area (Å²) < 4.78 is 11.0. The normalized spacial score (nSPS) is 17.1. The average Bonchev–Trinajstić information content (AvgIpc) is 3.38. The molecule has 2 aromatic carbocycles. The Morgan fingerprint density at radius 1 is 1.03 bits per heavy atom. The smallest absolute Gasteiger partial charge is 0.340 e. The van der Waals surface area contributed by atoms with Gasteiger partial charge in [0.1, 0.15) is 11.1 Å². The van der Waals surface area contributed by atoms with Crippen LogP contribution in [0, 0.1) is 0 Å². The molecule has 39 heavy (non-hydrogen) atoms. The van der Waals surface area contributed by atoms with E-state index in [1.54, 1.807) is 37.3 Å². The van der Waals surface area contributed by atoms with Crippen LogP contribution in [0.5, 0.6) is 0 Å². The summed E-state index contributed by atoms with van der Waals surface area (Å²) in [6.07, 6.45) is 4.79. The van der Waals surface area contributed by atoms with Crippen LogP contribution in [0.4, 0.5) is 11.4 Å². The van der Waals surface area contributed by atoms with Crippen LogP contribution in [-0.2, 0) is 14.3 Å². The highest BCUT2D eigenvalue weighted by molar-refractivity contribution is 6.05. The molecular formula is C30H33N3O6. The fourth-order valence-corrected chi connectivity index (χ4v) is 5.49. The maximum atomic E-state index is 13.7. The molecule has 9 heteroatoms. The third-order valence-electron chi connectivity index (χ3n) is 7.49. The maximum Gasteiger partial charge on any atom is 0.340 e. The van der Waals surface area contributed by atoms with Gasteiger partial charge in [-0.3, -0.25) is 14.4 Å². The van der Waals surface area contributed by atoms with Crippen molar-refractivity contribution in [2.75, 3.05) is 29.9 Å². The van der Waals surface area contributed by atoms with E-state index in [9.17, 15) is 19.2 Å². The first-order valence-electron chi connectivity index (χ1n) is 13.6. The van der Waals surface area contributed by atoms with Gasteiger partial charge in [0, 0.05) is 24.0 Å². The monoisotopic (exact) mass is 531 g/mol. The SMILES string of the molecule is CCOC(=O)c1cc(NC(=O)C2(NC(=O)c3cc4ccccc4o3)CCCCC2)ccc1N1CCCC(=O)C1. The number of rotatable bonds is 7. The number of carbonyl (C=O) groups excluding carboxylic acids is 4. The van der Waals surface area contributed by atoms with Crippen molar-refractivity contribution in [2.45, 2.75) is 57.4 Å². The Morgan fingerprint density at radius 2 is 1.82 bits per heavy atom. The Bertz CT molecular complexity index is 1370. The lowest BCUT2D eigenvalue weighted by molar-refractivity contribution is -0.123. The second-order valence-electron chi connectivity index (χ2n) is 10.2. The highest BCUT2D eigenvalue weighted by atomic mass is 16.5. The predicted molar refractivity (Wildman–Crippen MR) is 147 cm³/mol. The molecule has 1 saturated heterocycles. The van der Waals surface area contributed by atoms with Crippen molar-refractivity contribution in [3.05, 3.63) is 59.9 Å². The zero-order valence-corrected chi connectivity index (χ0v) is 22.1. The minimum absolute atomic E-state index is 0.118. The molecule has 2 aliphatic rings. The molecule has 9 nitrogen and oxygen atoms in total. The van der Waals surface area contributed by atoms with E-state index in [0.717, 1.165) is 24.6 Å². The van der Waals surface area contributed by atoms with E-state index < -0.39 is 17.4 Å². The summed E-state index contributed by atoms with van der Waals surface area (Å²) in [4.78, 5) is 53.8. The van der Waals surface area contributed by atoms with Crippen molar-refractivity contribution in [2.24, 2.45) is 0 Å². The molecule has 2 heterocycles. The van der Waals surface area contributed by atoms with Crippen molar-refractivity contribution in [1.82, 2.24) is 5.32 Å². The summed E-state index contributed by atoms with van der Waals surface area (Å²) >= 11 is 0. The number of esters is 1. The van der Waals surface area contributed by atoms with Crippen molar-refractivity contribution in [1.29, 1.82) is 0 Å². The lowest BCUT2D eigenvalue weighted by atomic mass is 9.80. The van der Waals surface area contributed by atoms with Gasteiger partial charge in [-0.1, -0.05) is 37.5 Å². The topological polar surface area (TPSA) is 118 Å². The van der Waals surface area contributed by atoms with Gasteiger partial charge in [-0.15, -0.1) is 0 Å². The molecule has 1 aliphatic carbocycles. The number of piperidine rings is 1. The van der Waals surface area contributed by atoms with Crippen LogP contribution < -0.4 is 15.5 Å². The van der Waals surface area contributed by atoms with Crippen LogP contribution in [0.1, 0.15) is 72.8 Å². The molecule has 2 fully saturated rings. The van der Waals surface area contributed by atoms with Gasteiger partial charge in [-0.25, -0.2) is 4.79 Å². The van der Waals surface area contributed by atoms with Gasteiger partial charge in [0.25, 0.3) is 5.91 Å². The van der Waals surface area contributed by atoms with Gasteiger partial charge in [0.15, 0.2) is 11.5 Å². The number of fused-ring (bicyclic) bond motifs is 1. The first-order chi connectivity index (χ1) is 18.9. The van der Waals surface area contributed by atoms with Gasteiger partial charge < -0.3 is 24.7 Å². The molecule has 0 bridgehead atoms. The number of nitrogens with one attached hydrogen (secondary N) is 2. The predicted octanol–water partition coefficient (Wildman–Crippen LogP) is 4.85. The Balaban J connectivity index is 1.39. The number of furan rings is 1. The summed E-state index contributed by atoms with van der Waals surface area (Å²) in [5, 5.41) is 6.72. The molecule has 1 saturated carbocycles. The fraction of sp³-hybridized carbons (Fsp3) is 0.400. The lowest BCUT2D eigenvalue weighted by Gasteiger charge is -2.36. The summed E-state index contributed by atoms with van der Waals surface area (Å²) in [6.45, 7) is 2.81. The second kappa shape index (κ2) is 11.3. The van der Waals surface area contributed by atoms with Crippen LogP contribution in [0.2, 0.25) is 0 Å². The van der Waals surface area contributed by atoms with Gasteiger partial charge in [0.05, 0.1) is 24.4 Å². The summed E-state index contributed by atoms with van der Waals surface area (Å²) in [6, 6.07) is 14.1. The molecule has 3 aromatic rings. The fourth-order valence-electron chi connectivity index (χ4n) is 5.49. The number of anilines is 2. The van der Waals surface area contributed by atoms with Crippen molar-refractivity contribution < 1.29 is 28.3 Å². The van der Waals surface area contributed by atoms with Gasteiger partial charge in [0.2, 0.25) is 5.91 Å². The lowest BCUT2D eigenvalue weighted by Crippen LogP contribution is -2.57. The van der Waals surface area contributed by atoms with Crippen molar-refractivity contribution in [3.63, 3.8) is 0 Å². The van der Waals surface area contributed by atoms with Gasteiger partial charge in [-0.2, -0.15) is 0 Å². The molecule has 5 rings (SSSR count). The molecule has 0 spiro atoms. The third-order valence-corrected chi connectivity index (χ3v) is 7.49. The number of benzene rings is 2. The van der Waals surface area contributed by atoms with Gasteiger partial charge >= 0.3 is 5.97 Å². The number of nitrogens with zero attached hydrogens (tertiary/aromatic N) is 1. The Kier molecular flexibility index (Phi) is 7.67. The number of carbonyl (C=O) groups is 4. The highest BCUT2D eigenvalue weighted by Gasteiger charge is 2.41. The Morgan fingerprint density at radius 3 is 2.56 bits per heavy atom. The quantitative estimate of drug-likeness (QED) is 0.419. The number of amides is 2. The Labute approximate surface area is 226 Å². The highest BCUT2D eigenvalue weighted by Crippen LogP contribution is 2.32. The van der Waals surface area contributed by atoms with E-state index in [0.29, 0.717) is 49.2 Å². The minimum atomic E-state index is -1.11. The van der Waals surface area contributed by atoms with Crippen LogP contribution in [0.3, 0.4) is 0 Å². The largest absolute Gasteiger partial charge is 0.462 e. The van der Waals surface area contributed by atoms with Crippen molar-refractivity contribution in [3.8, 4) is 0 Å².